The lowest BCUT2D eigenvalue weighted by molar-refractivity contribution is 0.161. The summed E-state index contributed by atoms with van der Waals surface area (Å²) < 4.78 is -0.942. The Balaban J connectivity index is 2.98. The van der Waals surface area contributed by atoms with E-state index < -0.39 is 9.93 Å². The molecule has 1 aliphatic rings. The first-order valence-electron chi connectivity index (χ1n) is 3.34. The van der Waals surface area contributed by atoms with Crippen LogP contribution in [0.1, 0.15) is 13.8 Å². The normalized spacial score (nSPS) is 35.2. The van der Waals surface area contributed by atoms with Gasteiger partial charge in [0.15, 0.2) is 4.33 Å². The Morgan fingerprint density at radius 1 is 1.36 bits per heavy atom. The molecule has 0 fully saturated rings. The van der Waals surface area contributed by atoms with Gasteiger partial charge in [-0.2, -0.15) is 0 Å². The van der Waals surface area contributed by atoms with Crippen molar-refractivity contribution in [3.05, 3.63) is 23.8 Å². The van der Waals surface area contributed by atoms with Crippen LogP contribution in [-0.2, 0) is 0 Å². The summed E-state index contributed by atoms with van der Waals surface area (Å²) in [6.07, 6.45) is 4.82. The van der Waals surface area contributed by atoms with Gasteiger partial charge < -0.3 is 5.11 Å². The average molecular weight is 193 g/mol. The lowest BCUT2D eigenvalue weighted by Gasteiger charge is -2.26. The molecule has 3 heteroatoms. The summed E-state index contributed by atoms with van der Waals surface area (Å²) >= 11 is 11.7. The van der Waals surface area contributed by atoms with Crippen molar-refractivity contribution in [3.8, 4) is 0 Å². The van der Waals surface area contributed by atoms with Crippen molar-refractivity contribution in [2.45, 2.75) is 23.8 Å². The standard InChI is InChI=1S/C8H10Cl2O/c1-6-5-7(2,11)3-4-8(6,9)10/h3-5,11H,1-2H3. The number of hydrogen-bond donors (Lipinski definition) is 1. The molecule has 1 N–H and O–H groups in total. The summed E-state index contributed by atoms with van der Waals surface area (Å²) in [5.41, 5.74) is -0.148. The van der Waals surface area contributed by atoms with E-state index in [1.165, 1.54) is 0 Å². The Kier molecular flexibility index (Phi) is 2.08. The van der Waals surface area contributed by atoms with E-state index in [9.17, 15) is 5.11 Å². The Morgan fingerprint density at radius 2 is 1.91 bits per heavy atom. The van der Waals surface area contributed by atoms with E-state index in [1.54, 1.807) is 32.1 Å². The topological polar surface area (TPSA) is 20.2 Å². The Bertz CT molecular complexity index is 226. The molecule has 0 saturated carbocycles. The minimum absolute atomic E-state index is 0.758. The Labute approximate surface area is 76.3 Å². The smallest absolute Gasteiger partial charge is 0.157 e. The molecule has 0 aromatic heterocycles. The predicted octanol–water partition coefficient (Wildman–Crippen LogP) is 2.43. The third kappa shape index (κ3) is 1.98. The second-order valence-corrected chi connectivity index (χ2v) is 4.40. The first kappa shape index (κ1) is 9.11. The van der Waals surface area contributed by atoms with E-state index in [4.69, 9.17) is 23.2 Å². The number of alkyl halides is 2. The monoisotopic (exact) mass is 192 g/mol. The third-order valence-electron chi connectivity index (χ3n) is 1.66. The number of rotatable bonds is 0. The van der Waals surface area contributed by atoms with Crippen LogP contribution in [0.3, 0.4) is 0 Å². The van der Waals surface area contributed by atoms with Gasteiger partial charge in [-0.25, -0.2) is 0 Å². The van der Waals surface area contributed by atoms with Crippen LogP contribution in [0.2, 0.25) is 0 Å². The van der Waals surface area contributed by atoms with Gasteiger partial charge in [-0.05, 0) is 31.6 Å². The highest BCUT2D eigenvalue weighted by atomic mass is 35.5. The summed E-state index contributed by atoms with van der Waals surface area (Å²) in [6, 6.07) is 0. The molecular formula is C8H10Cl2O. The van der Waals surface area contributed by atoms with Gasteiger partial charge in [0.2, 0.25) is 0 Å². The number of allylic oxidation sites excluding steroid dienone is 2. The van der Waals surface area contributed by atoms with Gasteiger partial charge in [0.1, 0.15) is 0 Å². The zero-order chi connectivity index (χ0) is 8.70. The first-order chi connectivity index (χ1) is 4.83. The maximum atomic E-state index is 9.50. The molecule has 1 unspecified atom stereocenters. The summed E-state index contributed by atoms with van der Waals surface area (Å²) in [5, 5.41) is 9.50. The fourth-order valence-electron chi connectivity index (χ4n) is 0.987. The average Bonchev–Trinajstić information content (AvgIpc) is 1.81. The molecule has 0 aliphatic heterocycles. The number of hydrogen-bond acceptors (Lipinski definition) is 1. The molecule has 1 aliphatic carbocycles. The van der Waals surface area contributed by atoms with Crippen LogP contribution in [0.15, 0.2) is 23.8 Å². The molecule has 0 radical (unpaired) electrons. The fraction of sp³-hybridized carbons (Fsp3) is 0.500. The van der Waals surface area contributed by atoms with E-state index in [2.05, 4.69) is 0 Å². The molecule has 11 heavy (non-hydrogen) atoms. The van der Waals surface area contributed by atoms with Gasteiger partial charge in [0.05, 0.1) is 5.60 Å². The molecule has 0 bridgehead atoms. The van der Waals surface area contributed by atoms with Crippen LogP contribution < -0.4 is 0 Å². The number of halogens is 2. The lowest BCUT2D eigenvalue weighted by Crippen LogP contribution is -2.27. The van der Waals surface area contributed by atoms with E-state index in [-0.39, 0.29) is 0 Å². The SMILES string of the molecule is CC1=CC(C)(O)C=CC1(Cl)Cl. The van der Waals surface area contributed by atoms with Crippen molar-refractivity contribution >= 4 is 23.2 Å². The zero-order valence-electron chi connectivity index (χ0n) is 6.44. The van der Waals surface area contributed by atoms with Crippen LogP contribution >= 0.6 is 23.2 Å². The molecule has 0 aromatic rings. The molecule has 0 heterocycles. The van der Waals surface area contributed by atoms with Crippen LogP contribution in [0.5, 0.6) is 0 Å². The van der Waals surface area contributed by atoms with E-state index in [1.807, 2.05) is 0 Å². The van der Waals surface area contributed by atoms with Gasteiger partial charge in [-0.1, -0.05) is 29.3 Å². The Morgan fingerprint density at radius 3 is 2.27 bits per heavy atom. The maximum absolute atomic E-state index is 9.50. The Hall–Kier alpha value is 0.0200. The summed E-state index contributed by atoms with van der Waals surface area (Å²) in [5.74, 6) is 0. The van der Waals surface area contributed by atoms with Crippen molar-refractivity contribution in [2.75, 3.05) is 0 Å². The number of aliphatic hydroxyl groups is 1. The largest absolute Gasteiger partial charge is 0.382 e. The van der Waals surface area contributed by atoms with Crippen LogP contribution in [0.4, 0.5) is 0 Å². The molecule has 0 spiro atoms. The molecule has 1 nitrogen and oxygen atoms in total. The van der Waals surface area contributed by atoms with Gasteiger partial charge in [-0.15, -0.1) is 0 Å². The van der Waals surface area contributed by atoms with Crippen LogP contribution in [0, 0.1) is 0 Å². The van der Waals surface area contributed by atoms with E-state index in [0.29, 0.717) is 0 Å². The summed E-state index contributed by atoms with van der Waals surface area (Å²) in [6.45, 7) is 3.47. The second-order valence-electron chi connectivity index (χ2n) is 3.01. The quantitative estimate of drug-likeness (QED) is 0.462. The minimum Gasteiger partial charge on any atom is -0.382 e. The van der Waals surface area contributed by atoms with Crippen LogP contribution in [-0.4, -0.2) is 15.0 Å². The molecular weight excluding hydrogens is 183 g/mol. The van der Waals surface area contributed by atoms with Crippen molar-refractivity contribution in [3.63, 3.8) is 0 Å². The maximum Gasteiger partial charge on any atom is 0.157 e. The highest BCUT2D eigenvalue weighted by molar-refractivity contribution is 6.52. The molecule has 0 amide bonds. The van der Waals surface area contributed by atoms with Crippen molar-refractivity contribution in [2.24, 2.45) is 0 Å². The minimum atomic E-state index is -0.942. The van der Waals surface area contributed by atoms with E-state index >= 15 is 0 Å². The van der Waals surface area contributed by atoms with Crippen molar-refractivity contribution in [1.29, 1.82) is 0 Å². The molecule has 1 atom stereocenters. The van der Waals surface area contributed by atoms with Gasteiger partial charge in [0, 0.05) is 0 Å². The molecule has 1 rings (SSSR count). The molecule has 62 valence electrons. The lowest BCUT2D eigenvalue weighted by atomic mass is 9.95. The third-order valence-corrected chi connectivity index (χ3v) is 2.51. The van der Waals surface area contributed by atoms with Crippen molar-refractivity contribution in [1.82, 2.24) is 0 Å². The van der Waals surface area contributed by atoms with Gasteiger partial charge >= 0.3 is 0 Å². The van der Waals surface area contributed by atoms with Crippen molar-refractivity contribution < 1.29 is 5.11 Å². The predicted molar refractivity (Wildman–Crippen MR) is 48.0 cm³/mol. The zero-order valence-corrected chi connectivity index (χ0v) is 7.95. The summed E-state index contributed by atoms with van der Waals surface area (Å²) in [7, 11) is 0. The highest BCUT2D eigenvalue weighted by Gasteiger charge is 2.30. The highest BCUT2D eigenvalue weighted by Crippen LogP contribution is 2.36. The molecule has 0 aromatic carbocycles. The molecule has 0 saturated heterocycles. The second kappa shape index (κ2) is 2.51. The van der Waals surface area contributed by atoms with Gasteiger partial charge in [0.25, 0.3) is 0 Å². The fourth-order valence-corrected chi connectivity index (χ4v) is 1.22. The van der Waals surface area contributed by atoms with Gasteiger partial charge in [-0.3, -0.25) is 0 Å². The first-order valence-corrected chi connectivity index (χ1v) is 4.10. The van der Waals surface area contributed by atoms with E-state index in [0.717, 1.165) is 5.57 Å². The summed E-state index contributed by atoms with van der Waals surface area (Å²) in [4.78, 5) is 0. The van der Waals surface area contributed by atoms with Crippen LogP contribution in [0.25, 0.3) is 0 Å².